The van der Waals surface area contributed by atoms with Crippen molar-refractivity contribution in [3.8, 4) is 5.75 Å². The van der Waals surface area contributed by atoms with Crippen molar-refractivity contribution in [3.05, 3.63) is 80.4 Å². The number of nitrogens with zero attached hydrogens (tertiary/aromatic N) is 4. The molecule has 0 bridgehead atoms. The largest absolute Gasteiger partial charge is 0.487 e. The Morgan fingerprint density at radius 1 is 1.28 bits per heavy atom. The van der Waals surface area contributed by atoms with Gasteiger partial charge in [-0.1, -0.05) is 37.3 Å². The fourth-order valence-electron chi connectivity index (χ4n) is 2.72. The summed E-state index contributed by atoms with van der Waals surface area (Å²) in [5, 5.41) is 22.7. The van der Waals surface area contributed by atoms with E-state index in [2.05, 4.69) is 27.4 Å². The zero-order valence-corrected chi connectivity index (χ0v) is 16.8. The van der Waals surface area contributed by atoms with E-state index in [1.54, 1.807) is 12.1 Å². The number of aromatic nitrogens is 3. The molecule has 0 saturated heterocycles. The number of rotatable bonds is 9. The van der Waals surface area contributed by atoms with Crippen LogP contribution in [0.2, 0.25) is 0 Å². The first-order valence-electron chi connectivity index (χ1n) is 9.24. The molecule has 8 nitrogen and oxygen atoms in total. The molecular formula is C20H21N5O3S. The molecule has 9 heteroatoms. The van der Waals surface area contributed by atoms with Gasteiger partial charge in [-0.3, -0.25) is 15.2 Å². The Morgan fingerprint density at radius 2 is 2.07 bits per heavy atom. The summed E-state index contributed by atoms with van der Waals surface area (Å²) >= 11 is 5.26. The van der Waals surface area contributed by atoms with Gasteiger partial charge in [0.15, 0.2) is 11.6 Å². The zero-order valence-electron chi connectivity index (χ0n) is 15.9. The van der Waals surface area contributed by atoms with Crippen molar-refractivity contribution in [2.45, 2.75) is 26.2 Å². The molecule has 0 spiro atoms. The highest BCUT2D eigenvalue weighted by atomic mass is 32.1. The maximum absolute atomic E-state index is 11.3. The Bertz CT molecular complexity index is 1060. The van der Waals surface area contributed by atoms with E-state index in [1.165, 1.54) is 22.5 Å². The highest BCUT2D eigenvalue weighted by Gasteiger charge is 2.15. The summed E-state index contributed by atoms with van der Waals surface area (Å²) in [6.07, 6.45) is 3.74. The molecule has 2 aromatic carbocycles. The first-order valence-corrected chi connectivity index (χ1v) is 9.65. The van der Waals surface area contributed by atoms with Gasteiger partial charge < -0.3 is 4.74 Å². The van der Waals surface area contributed by atoms with Gasteiger partial charge in [-0.25, -0.2) is 0 Å². The van der Waals surface area contributed by atoms with Gasteiger partial charge in [0, 0.05) is 18.1 Å². The van der Waals surface area contributed by atoms with Crippen molar-refractivity contribution in [2.75, 3.05) is 6.61 Å². The quantitative estimate of drug-likeness (QED) is 0.245. The molecule has 0 saturated carbocycles. The van der Waals surface area contributed by atoms with E-state index in [9.17, 15) is 10.1 Å². The molecule has 1 aromatic heterocycles. The minimum absolute atomic E-state index is 0.0949. The molecule has 0 aliphatic heterocycles. The third-order valence-electron chi connectivity index (χ3n) is 4.16. The number of nitro groups is 1. The van der Waals surface area contributed by atoms with Crippen LogP contribution < -0.4 is 4.74 Å². The predicted molar refractivity (Wildman–Crippen MR) is 113 cm³/mol. The number of aromatic amines is 1. The maximum atomic E-state index is 11.3. The van der Waals surface area contributed by atoms with E-state index in [4.69, 9.17) is 17.0 Å². The van der Waals surface area contributed by atoms with Crippen LogP contribution in [0.15, 0.2) is 53.6 Å². The molecule has 1 N–H and O–H groups in total. The van der Waals surface area contributed by atoms with E-state index in [0.29, 0.717) is 29.2 Å². The van der Waals surface area contributed by atoms with Crippen LogP contribution in [0, 0.1) is 14.9 Å². The van der Waals surface area contributed by atoms with Gasteiger partial charge in [0.25, 0.3) is 0 Å². The lowest BCUT2D eigenvalue weighted by Gasteiger charge is -2.06. The van der Waals surface area contributed by atoms with Crippen LogP contribution in [-0.2, 0) is 12.8 Å². The Kier molecular flexibility index (Phi) is 6.85. The van der Waals surface area contributed by atoms with E-state index in [1.807, 2.05) is 25.1 Å². The number of hydrogen-bond acceptors (Lipinski definition) is 6. The number of nitrogens with one attached hydrogen (secondary N) is 1. The van der Waals surface area contributed by atoms with E-state index in [0.717, 1.165) is 12.8 Å². The van der Waals surface area contributed by atoms with E-state index in [-0.39, 0.29) is 11.4 Å². The third kappa shape index (κ3) is 5.35. The fourth-order valence-corrected chi connectivity index (χ4v) is 2.92. The van der Waals surface area contributed by atoms with E-state index < -0.39 is 4.92 Å². The number of benzene rings is 2. The molecule has 1 heterocycles. The first-order chi connectivity index (χ1) is 14.1. The lowest BCUT2D eigenvalue weighted by molar-refractivity contribution is -0.385. The lowest BCUT2D eigenvalue weighted by Crippen LogP contribution is -2.02. The smallest absolute Gasteiger partial charge is 0.311 e. The summed E-state index contributed by atoms with van der Waals surface area (Å²) in [5.41, 5.74) is 1.66. The monoisotopic (exact) mass is 411 g/mol. The molecule has 3 rings (SSSR count). The van der Waals surface area contributed by atoms with Crippen LogP contribution in [0.4, 0.5) is 5.69 Å². The topological polar surface area (TPSA) is 98.3 Å². The van der Waals surface area contributed by atoms with Crippen molar-refractivity contribution >= 4 is 24.1 Å². The van der Waals surface area contributed by atoms with Crippen LogP contribution in [0.25, 0.3) is 0 Å². The molecule has 0 amide bonds. The zero-order chi connectivity index (χ0) is 20.6. The number of nitro benzene ring substituents is 1. The van der Waals surface area contributed by atoms with Crippen LogP contribution in [0.5, 0.6) is 5.75 Å². The average Bonchev–Trinajstić information content (AvgIpc) is 3.09. The minimum Gasteiger partial charge on any atom is -0.487 e. The molecule has 0 aliphatic carbocycles. The molecule has 0 atom stereocenters. The number of aryl methyl sites for hydroxylation is 2. The van der Waals surface area contributed by atoms with Crippen LogP contribution in [-0.4, -0.2) is 32.6 Å². The second-order valence-electron chi connectivity index (χ2n) is 6.32. The lowest BCUT2D eigenvalue weighted by atomic mass is 10.1. The maximum Gasteiger partial charge on any atom is 0.311 e. The number of ether oxygens (including phenoxy) is 1. The van der Waals surface area contributed by atoms with Crippen molar-refractivity contribution in [2.24, 2.45) is 5.10 Å². The molecule has 0 aliphatic rings. The van der Waals surface area contributed by atoms with E-state index >= 15 is 0 Å². The van der Waals surface area contributed by atoms with Gasteiger partial charge in [-0.2, -0.15) is 14.9 Å². The molecule has 0 unspecified atom stereocenters. The molecule has 0 fully saturated rings. The molecule has 0 radical (unpaired) electrons. The first kappa shape index (κ1) is 20.4. The van der Waals surface area contributed by atoms with Crippen molar-refractivity contribution in [1.29, 1.82) is 0 Å². The summed E-state index contributed by atoms with van der Waals surface area (Å²) < 4.78 is 7.34. The highest BCUT2D eigenvalue weighted by molar-refractivity contribution is 7.71. The molecular weight excluding hydrogens is 390 g/mol. The van der Waals surface area contributed by atoms with Gasteiger partial charge in [-0.15, -0.1) is 0 Å². The second kappa shape index (κ2) is 9.74. The third-order valence-corrected chi connectivity index (χ3v) is 4.43. The summed E-state index contributed by atoms with van der Waals surface area (Å²) in [4.78, 5) is 10.9. The minimum atomic E-state index is -0.461. The van der Waals surface area contributed by atoms with Crippen molar-refractivity contribution in [3.63, 3.8) is 0 Å². The molecule has 3 aromatic rings. The normalized spacial score (nSPS) is 11.1. The van der Waals surface area contributed by atoms with Gasteiger partial charge >= 0.3 is 5.69 Å². The SMILES string of the molecule is CCCOc1ccc(/C=N\n2c(CCc3ccccc3)n[nH]c2=S)cc1[N+](=O)[O-]. The standard InChI is InChI=1S/C20H21N5O3S/c1-2-12-28-18-10-8-16(13-17(18)25(26)27)14-21-24-19(22-23-20(24)29)11-9-15-6-4-3-5-7-15/h3-8,10,13-14H,2,9,11-12H2,1H3,(H,23,29)/b21-14-. The number of H-pyrrole nitrogens is 1. The van der Waals surface area contributed by atoms with Crippen LogP contribution >= 0.6 is 12.2 Å². The number of hydrogen-bond donors (Lipinski definition) is 1. The Balaban J connectivity index is 1.79. The average molecular weight is 411 g/mol. The Morgan fingerprint density at radius 3 is 2.79 bits per heavy atom. The highest BCUT2D eigenvalue weighted by Crippen LogP contribution is 2.27. The second-order valence-corrected chi connectivity index (χ2v) is 6.71. The molecule has 150 valence electrons. The van der Waals surface area contributed by atoms with Gasteiger partial charge in [0.2, 0.25) is 4.77 Å². The van der Waals surface area contributed by atoms with Crippen LogP contribution in [0.1, 0.15) is 30.3 Å². The Hall–Kier alpha value is -3.33. The Labute approximate surface area is 173 Å². The summed E-state index contributed by atoms with van der Waals surface area (Å²) in [5.74, 6) is 0.935. The summed E-state index contributed by atoms with van der Waals surface area (Å²) in [7, 11) is 0. The van der Waals surface area contributed by atoms with Gasteiger partial charge in [0.1, 0.15) is 0 Å². The summed E-state index contributed by atoms with van der Waals surface area (Å²) in [6.45, 7) is 2.36. The van der Waals surface area contributed by atoms with Crippen LogP contribution in [0.3, 0.4) is 0 Å². The summed E-state index contributed by atoms with van der Waals surface area (Å²) in [6, 6.07) is 14.8. The van der Waals surface area contributed by atoms with Gasteiger partial charge in [0.05, 0.1) is 17.7 Å². The van der Waals surface area contributed by atoms with Gasteiger partial charge in [-0.05, 0) is 42.8 Å². The van der Waals surface area contributed by atoms with Crippen molar-refractivity contribution < 1.29 is 9.66 Å². The predicted octanol–water partition coefficient (Wildman–Crippen LogP) is 4.31. The fraction of sp³-hybridized carbons (Fsp3) is 0.250. The van der Waals surface area contributed by atoms with Crippen molar-refractivity contribution in [1.82, 2.24) is 14.9 Å². The molecule has 29 heavy (non-hydrogen) atoms.